The normalized spacial score (nSPS) is 39.3. The fourth-order valence-corrected chi connectivity index (χ4v) is 7.77. The van der Waals surface area contributed by atoms with Crippen LogP contribution >= 0.6 is 0 Å². The predicted molar refractivity (Wildman–Crippen MR) is 81.5 cm³/mol. The summed E-state index contributed by atoms with van der Waals surface area (Å²) in [6.45, 7) is 7.88. The van der Waals surface area contributed by atoms with Gasteiger partial charge in [0.05, 0.1) is 11.8 Å². The van der Waals surface area contributed by atoms with Crippen LogP contribution in [0.15, 0.2) is 0 Å². The van der Waals surface area contributed by atoms with Crippen LogP contribution in [-0.4, -0.2) is 41.7 Å². The summed E-state index contributed by atoms with van der Waals surface area (Å²) in [6.07, 6.45) is 2.68. The maximum atomic E-state index is 12.8. The van der Waals surface area contributed by atoms with E-state index in [2.05, 4.69) is 13.8 Å². The van der Waals surface area contributed by atoms with Crippen LogP contribution in [0.4, 0.5) is 0 Å². The van der Waals surface area contributed by atoms with Gasteiger partial charge in [0.2, 0.25) is 10.0 Å². The molecular weight excluding hydrogens is 304 g/mol. The van der Waals surface area contributed by atoms with Crippen LogP contribution in [0.5, 0.6) is 0 Å². The first kappa shape index (κ1) is 16.2. The standard InChI is InChI=1S/C15H26N2O4S/c1-9(2)12(16-19)13(18)17-11-7-10-5-6-15(11,14(10,3)4)8-22(17,20)21/h9-12,16,19H,5-8H2,1-4H3/t10-,11-,12-,15-/m1/s1. The van der Waals surface area contributed by atoms with Gasteiger partial charge in [0.1, 0.15) is 6.04 Å². The molecule has 1 spiro atoms. The number of nitrogens with zero attached hydrogens (tertiary/aromatic N) is 1. The van der Waals surface area contributed by atoms with E-state index in [0.29, 0.717) is 5.92 Å². The van der Waals surface area contributed by atoms with Gasteiger partial charge in [-0.1, -0.05) is 27.7 Å². The fraction of sp³-hybridized carbons (Fsp3) is 0.933. The van der Waals surface area contributed by atoms with Crippen molar-refractivity contribution in [3.63, 3.8) is 0 Å². The largest absolute Gasteiger partial charge is 0.316 e. The molecule has 1 saturated heterocycles. The van der Waals surface area contributed by atoms with Crippen molar-refractivity contribution >= 4 is 15.9 Å². The zero-order chi connectivity index (χ0) is 16.5. The van der Waals surface area contributed by atoms with Gasteiger partial charge in [-0.05, 0) is 36.5 Å². The number of fused-ring (bicyclic) bond motifs is 1. The number of hydrogen-bond donors (Lipinski definition) is 2. The van der Waals surface area contributed by atoms with Crippen LogP contribution in [0.1, 0.15) is 47.0 Å². The van der Waals surface area contributed by atoms with Crippen LogP contribution in [0, 0.1) is 22.7 Å². The van der Waals surface area contributed by atoms with E-state index in [0.717, 1.165) is 23.6 Å². The van der Waals surface area contributed by atoms with Crippen molar-refractivity contribution in [3.05, 3.63) is 0 Å². The van der Waals surface area contributed by atoms with Crippen molar-refractivity contribution in [2.75, 3.05) is 5.75 Å². The van der Waals surface area contributed by atoms with E-state index < -0.39 is 22.0 Å². The van der Waals surface area contributed by atoms with E-state index in [9.17, 15) is 18.4 Å². The molecule has 1 aliphatic heterocycles. The van der Waals surface area contributed by atoms with Gasteiger partial charge in [-0.2, -0.15) is 5.48 Å². The number of rotatable bonds is 3. The van der Waals surface area contributed by atoms with E-state index in [-0.39, 0.29) is 28.5 Å². The lowest BCUT2D eigenvalue weighted by Crippen LogP contribution is -2.52. The molecule has 2 N–H and O–H groups in total. The van der Waals surface area contributed by atoms with E-state index in [4.69, 9.17) is 0 Å². The molecule has 0 aromatic carbocycles. The minimum atomic E-state index is -3.62. The number of sulfonamides is 1. The number of carbonyl (C=O) groups excluding carboxylic acids is 1. The predicted octanol–water partition coefficient (Wildman–Crippen LogP) is 1.36. The number of carbonyl (C=O) groups is 1. The first-order valence-corrected chi connectivity index (χ1v) is 9.65. The Morgan fingerprint density at radius 3 is 2.50 bits per heavy atom. The lowest BCUT2D eigenvalue weighted by Gasteiger charge is -2.37. The number of nitrogens with one attached hydrogen (secondary N) is 1. The molecule has 2 aliphatic carbocycles. The first-order valence-electron chi connectivity index (χ1n) is 8.04. The monoisotopic (exact) mass is 330 g/mol. The van der Waals surface area contributed by atoms with Crippen molar-refractivity contribution < 1.29 is 18.4 Å². The van der Waals surface area contributed by atoms with E-state index in [1.807, 2.05) is 5.48 Å². The molecule has 2 saturated carbocycles. The lowest BCUT2D eigenvalue weighted by atomic mass is 9.69. The fourth-order valence-electron chi connectivity index (χ4n) is 5.21. The minimum absolute atomic E-state index is 0.0558. The summed E-state index contributed by atoms with van der Waals surface area (Å²) in [5.41, 5.74) is 1.63. The molecule has 3 rings (SSSR count). The average molecular weight is 330 g/mol. The molecule has 126 valence electrons. The lowest BCUT2D eigenvalue weighted by molar-refractivity contribution is -0.135. The third kappa shape index (κ3) is 1.79. The van der Waals surface area contributed by atoms with Gasteiger partial charge >= 0.3 is 0 Å². The smallest absolute Gasteiger partial charge is 0.256 e. The summed E-state index contributed by atoms with van der Waals surface area (Å²) in [7, 11) is -3.62. The van der Waals surface area contributed by atoms with Crippen LogP contribution < -0.4 is 5.48 Å². The molecule has 3 aliphatic rings. The van der Waals surface area contributed by atoms with Crippen LogP contribution in [-0.2, 0) is 14.8 Å². The van der Waals surface area contributed by atoms with Gasteiger partial charge in [-0.3, -0.25) is 4.79 Å². The van der Waals surface area contributed by atoms with E-state index in [1.54, 1.807) is 13.8 Å². The Morgan fingerprint density at radius 2 is 2.00 bits per heavy atom. The molecular formula is C15H26N2O4S. The molecule has 0 aromatic heterocycles. The summed E-state index contributed by atoms with van der Waals surface area (Å²) in [4.78, 5) is 12.8. The third-order valence-electron chi connectivity index (χ3n) is 6.70. The highest BCUT2D eigenvalue weighted by atomic mass is 32.2. The number of hydroxylamine groups is 1. The Labute approximate surface area is 132 Å². The van der Waals surface area contributed by atoms with Crippen LogP contribution in [0.3, 0.4) is 0 Å². The SMILES string of the molecule is CC(C)[C@@H](NO)C(=O)N1[C@@H]2C[C@H]3CC[C@]2(CS1(=O)=O)C3(C)C. The van der Waals surface area contributed by atoms with Gasteiger partial charge in [-0.15, -0.1) is 0 Å². The van der Waals surface area contributed by atoms with E-state index >= 15 is 0 Å². The Hall–Kier alpha value is -0.660. The van der Waals surface area contributed by atoms with Crippen LogP contribution in [0.25, 0.3) is 0 Å². The second-order valence-electron chi connectivity index (χ2n) is 8.11. The summed E-state index contributed by atoms with van der Waals surface area (Å²) in [5, 5.41) is 9.28. The molecule has 6 nitrogen and oxygen atoms in total. The average Bonchev–Trinajstić information content (AvgIpc) is 2.85. The van der Waals surface area contributed by atoms with Crippen molar-refractivity contribution in [3.8, 4) is 0 Å². The summed E-state index contributed by atoms with van der Waals surface area (Å²) < 4.78 is 26.6. The topological polar surface area (TPSA) is 86.7 Å². The van der Waals surface area contributed by atoms with Gasteiger partial charge in [-0.25, -0.2) is 12.7 Å². The van der Waals surface area contributed by atoms with Crippen molar-refractivity contribution in [1.82, 2.24) is 9.79 Å². The maximum Gasteiger partial charge on any atom is 0.256 e. The van der Waals surface area contributed by atoms with Gasteiger partial charge < -0.3 is 5.21 Å². The summed E-state index contributed by atoms with van der Waals surface area (Å²) in [6, 6.07) is -1.12. The van der Waals surface area contributed by atoms with Gasteiger partial charge in [0, 0.05) is 5.41 Å². The highest BCUT2D eigenvalue weighted by molar-refractivity contribution is 7.90. The number of hydrogen-bond acceptors (Lipinski definition) is 5. The van der Waals surface area contributed by atoms with Crippen molar-refractivity contribution in [1.29, 1.82) is 0 Å². The molecule has 2 bridgehead atoms. The van der Waals surface area contributed by atoms with Gasteiger partial charge in [0.15, 0.2) is 0 Å². The Morgan fingerprint density at radius 1 is 1.36 bits per heavy atom. The van der Waals surface area contributed by atoms with Crippen LogP contribution in [0.2, 0.25) is 0 Å². The Kier molecular flexibility index (Phi) is 3.44. The molecule has 22 heavy (non-hydrogen) atoms. The Bertz CT molecular complexity index is 601. The highest BCUT2D eigenvalue weighted by Crippen LogP contribution is 2.70. The zero-order valence-corrected chi connectivity index (χ0v) is 14.5. The first-order chi connectivity index (χ1) is 10.1. The number of amides is 1. The quantitative estimate of drug-likeness (QED) is 0.763. The molecule has 0 aromatic rings. The third-order valence-corrected chi connectivity index (χ3v) is 8.61. The maximum absolute atomic E-state index is 12.8. The molecule has 4 atom stereocenters. The molecule has 1 amide bonds. The molecule has 7 heteroatoms. The molecule has 0 unspecified atom stereocenters. The van der Waals surface area contributed by atoms with Crippen molar-refractivity contribution in [2.24, 2.45) is 22.7 Å². The molecule has 0 radical (unpaired) electrons. The highest BCUT2D eigenvalue weighted by Gasteiger charge is 2.72. The van der Waals surface area contributed by atoms with E-state index in [1.165, 1.54) is 0 Å². The summed E-state index contributed by atoms with van der Waals surface area (Å²) >= 11 is 0. The minimum Gasteiger partial charge on any atom is -0.316 e. The molecule has 3 fully saturated rings. The van der Waals surface area contributed by atoms with Gasteiger partial charge in [0.25, 0.3) is 5.91 Å². The summed E-state index contributed by atoms with van der Waals surface area (Å²) in [5.74, 6) is -0.155. The molecule has 1 heterocycles. The Balaban J connectivity index is 2.02. The second-order valence-corrected chi connectivity index (χ2v) is 9.95. The second kappa shape index (κ2) is 4.68. The van der Waals surface area contributed by atoms with Crippen molar-refractivity contribution in [2.45, 2.75) is 59.0 Å². The zero-order valence-electron chi connectivity index (χ0n) is 13.7.